The molecule has 1 amide bonds. The summed E-state index contributed by atoms with van der Waals surface area (Å²) in [4.78, 5) is 21.2. The third-order valence-corrected chi connectivity index (χ3v) is 2.28. The van der Waals surface area contributed by atoms with Crippen molar-refractivity contribution in [1.29, 1.82) is 0 Å². The van der Waals surface area contributed by atoms with Gasteiger partial charge in [0.05, 0.1) is 23.5 Å². The van der Waals surface area contributed by atoms with Crippen LogP contribution in [0.5, 0.6) is 0 Å². The summed E-state index contributed by atoms with van der Waals surface area (Å²) < 4.78 is 1.18. The lowest BCUT2D eigenvalue weighted by atomic mass is 10.2. The first-order chi connectivity index (χ1) is 8.52. The number of nitrogens with zero attached hydrogens (tertiary/aromatic N) is 3. The van der Waals surface area contributed by atoms with Crippen LogP contribution in [0.4, 0.5) is 5.82 Å². The molecule has 0 aliphatic heterocycles. The fourth-order valence-electron chi connectivity index (χ4n) is 1.41. The van der Waals surface area contributed by atoms with Crippen molar-refractivity contribution < 1.29 is 14.8 Å². The highest BCUT2D eigenvalue weighted by molar-refractivity contribution is 5.75. The summed E-state index contributed by atoms with van der Waals surface area (Å²) in [6.45, 7) is 2.01. The maximum Gasteiger partial charge on any atom is 0.389 e. The van der Waals surface area contributed by atoms with Gasteiger partial charge in [-0.1, -0.05) is 13.3 Å². The zero-order valence-electron chi connectivity index (χ0n) is 10.1. The van der Waals surface area contributed by atoms with E-state index in [1.165, 1.54) is 16.9 Å². The summed E-state index contributed by atoms with van der Waals surface area (Å²) in [7, 11) is 0. The molecule has 100 valence electrons. The first-order valence-corrected chi connectivity index (χ1v) is 5.65. The number of hydrogen-bond donors (Lipinski definition) is 2. The van der Waals surface area contributed by atoms with Crippen molar-refractivity contribution >= 4 is 11.7 Å². The Bertz CT molecular complexity index is 418. The van der Waals surface area contributed by atoms with Gasteiger partial charge in [0, 0.05) is 6.54 Å². The van der Waals surface area contributed by atoms with Crippen molar-refractivity contribution in [2.45, 2.75) is 32.4 Å². The van der Waals surface area contributed by atoms with E-state index in [1.54, 1.807) is 0 Å². The van der Waals surface area contributed by atoms with Crippen LogP contribution in [0, 0.1) is 10.1 Å². The van der Waals surface area contributed by atoms with Gasteiger partial charge in [-0.3, -0.25) is 4.79 Å². The molecule has 0 aliphatic rings. The Balaban J connectivity index is 2.37. The van der Waals surface area contributed by atoms with E-state index in [4.69, 9.17) is 0 Å². The van der Waals surface area contributed by atoms with Gasteiger partial charge in [0.2, 0.25) is 5.91 Å². The molecule has 2 N–H and O–H groups in total. The number of aliphatic hydroxyl groups is 1. The Morgan fingerprint density at radius 1 is 1.72 bits per heavy atom. The monoisotopic (exact) mass is 256 g/mol. The molecule has 18 heavy (non-hydrogen) atoms. The van der Waals surface area contributed by atoms with Crippen LogP contribution in [0.15, 0.2) is 12.3 Å². The van der Waals surface area contributed by atoms with E-state index in [1.807, 2.05) is 6.92 Å². The molecule has 1 heterocycles. The molecule has 0 radical (unpaired) electrons. The zero-order chi connectivity index (χ0) is 13.5. The fraction of sp³-hybridized carbons (Fsp3) is 0.600. The molecule has 1 aromatic rings. The molecule has 8 nitrogen and oxygen atoms in total. The number of carbonyl (C=O) groups is 1. The summed E-state index contributed by atoms with van der Waals surface area (Å²) in [5, 5.41) is 25.9. The van der Waals surface area contributed by atoms with E-state index in [0.717, 1.165) is 6.42 Å². The predicted octanol–water partition coefficient (Wildman–Crippen LogP) is 0.0685. The average molecular weight is 256 g/mol. The highest BCUT2D eigenvalue weighted by Crippen LogP contribution is 2.04. The number of nitrogens with one attached hydrogen (secondary N) is 1. The summed E-state index contributed by atoms with van der Waals surface area (Å²) in [6.07, 6.45) is 2.25. The Kier molecular flexibility index (Phi) is 5.25. The molecular formula is C10H16N4O4. The molecule has 8 heteroatoms. The average Bonchev–Trinajstić information content (AvgIpc) is 2.75. The van der Waals surface area contributed by atoms with E-state index < -0.39 is 11.0 Å². The van der Waals surface area contributed by atoms with Crippen molar-refractivity contribution in [2.75, 3.05) is 6.54 Å². The smallest absolute Gasteiger partial charge is 0.389 e. The van der Waals surface area contributed by atoms with Crippen LogP contribution in [0.1, 0.15) is 19.8 Å². The third-order valence-electron chi connectivity index (χ3n) is 2.28. The van der Waals surface area contributed by atoms with Gasteiger partial charge in [0.1, 0.15) is 6.54 Å². The second kappa shape index (κ2) is 6.70. The Morgan fingerprint density at radius 2 is 2.44 bits per heavy atom. The zero-order valence-corrected chi connectivity index (χ0v) is 10.1. The molecular weight excluding hydrogens is 240 g/mol. The topological polar surface area (TPSA) is 110 Å². The normalized spacial score (nSPS) is 12.1. The lowest BCUT2D eigenvalue weighted by Gasteiger charge is -2.09. The van der Waals surface area contributed by atoms with E-state index in [9.17, 15) is 20.0 Å². The summed E-state index contributed by atoms with van der Waals surface area (Å²) in [5.74, 6) is -0.642. The standard InChI is InChI=1S/C10H16N4O4/c1-2-3-8(15)6-11-10(16)7-13-5-4-9(12-13)14(17)18/h4-5,8,15H,2-3,6-7H2,1H3,(H,11,16). The van der Waals surface area contributed by atoms with Gasteiger partial charge in [-0.05, 0) is 11.3 Å². The molecule has 0 fully saturated rings. The molecule has 1 rings (SSSR count). The number of aromatic nitrogens is 2. The van der Waals surface area contributed by atoms with E-state index in [2.05, 4.69) is 10.4 Å². The predicted molar refractivity (Wildman–Crippen MR) is 62.8 cm³/mol. The van der Waals surface area contributed by atoms with Gasteiger partial charge in [-0.25, -0.2) is 0 Å². The van der Waals surface area contributed by atoms with Crippen molar-refractivity contribution in [1.82, 2.24) is 15.1 Å². The highest BCUT2D eigenvalue weighted by atomic mass is 16.6. The quantitative estimate of drug-likeness (QED) is 0.529. The SMILES string of the molecule is CCCC(O)CNC(=O)Cn1ccc([N+](=O)[O-])n1. The van der Waals surface area contributed by atoms with Crippen LogP contribution < -0.4 is 5.32 Å². The van der Waals surface area contributed by atoms with Gasteiger partial charge in [-0.2, -0.15) is 4.68 Å². The van der Waals surface area contributed by atoms with Crippen molar-refractivity contribution in [2.24, 2.45) is 0 Å². The molecule has 0 saturated heterocycles. The van der Waals surface area contributed by atoms with Gasteiger partial charge >= 0.3 is 5.82 Å². The second-order valence-corrected chi connectivity index (χ2v) is 3.88. The summed E-state index contributed by atoms with van der Waals surface area (Å²) >= 11 is 0. The lowest BCUT2D eigenvalue weighted by molar-refractivity contribution is -0.389. The molecule has 0 aromatic carbocycles. The molecule has 0 spiro atoms. The van der Waals surface area contributed by atoms with E-state index >= 15 is 0 Å². The van der Waals surface area contributed by atoms with Gasteiger partial charge in [-0.15, -0.1) is 0 Å². The van der Waals surface area contributed by atoms with Crippen molar-refractivity contribution in [3.8, 4) is 0 Å². The molecule has 1 atom stereocenters. The van der Waals surface area contributed by atoms with E-state index in [0.29, 0.717) is 6.42 Å². The molecule has 0 bridgehead atoms. The van der Waals surface area contributed by atoms with Crippen LogP contribution in [0.2, 0.25) is 0 Å². The van der Waals surface area contributed by atoms with E-state index in [-0.39, 0.29) is 24.8 Å². The Morgan fingerprint density at radius 3 is 3.00 bits per heavy atom. The molecule has 1 aromatic heterocycles. The highest BCUT2D eigenvalue weighted by Gasteiger charge is 2.13. The summed E-state index contributed by atoms with van der Waals surface area (Å²) in [5.41, 5.74) is 0. The lowest BCUT2D eigenvalue weighted by Crippen LogP contribution is -2.34. The minimum atomic E-state index is -0.626. The minimum Gasteiger partial charge on any atom is -0.391 e. The second-order valence-electron chi connectivity index (χ2n) is 3.88. The van der Waals surface area contributed by atoms with Crippen LogP contribution in [0.25, 0.3) is 0 Å². The van der Waals surface area contributed by atoms with Gasteiger partial charge in [0.25, 0.3) is 0 Å². The van der Waals surface area contributed by atoms with Crippen LogP contribution >= 0.6 is 0 Å². The van der Waals surface area contributed by atoms with Crippen LogP contribution in [-0.2, 0) is 11.3 Å². The first-order valence-electron chi connectivity index (χ1n) is 5.65. The van der Waals surface area contributed by atoms with Gasteiger partial charge < -0.3 is 20.5 Å². The number of nitro groups is 1. The number of hydrogen-bond acceptors (Lipinski definition) is 5. The Hall–Kier alpha value is -1.96. The fourth-order valence-corrected chi connectivity index (χ4v) is 1.41. The molecule has 0 saturated carbocycles. The van der Waals surface area contributed by atoms with Crippen molar-refractivity contribution in [3.05, 3.63) is 22.4 Å². The summed E-state index contributed by atoms with van der Waals surface area (Å²) in [6, 6.07) is 1.22. The largest absolute Gasteiger partial charge is 0.391 e. The number of amides is 1. The number of carbonyl (C=O) groups excluding carboxylic acids is 1. The van der Waals surface area contributed by atoms with Crippen LogP contribution in [-0.4, -0.2) is 38.4 Å². The molecule has 1 unspecified atom stereocenters. The number of rotatable bonds is 7. The Labute approximate surface area is 104 Å². The van der Waals surface area contributed by atoms with Crippen molar-refractivity contribution in [3.63, 3.8) is 0 Å². The van der Waals surface area contributed by atoms with Gasteiger partial charge in [0.15, 0.2) is 0 Å². The first kappa shape index (κ1) is 14.1. The van der Waals surface area contributed by atoms with Crippen LogP contribution in [0.3, 0.4) is 0 Å². The molecule has 0 aliphatic carbocycles. The third kappa shape index (κ3) is 4.50. The maximum absolute atomic E-state index is 11.4. The number of aliphatic hydroxyl groups excluding tert-OH is 1. The minimum absolute atomic E-state index is 0.104. The maximum atomic E-state index is 11.4.